The third-order valence-corrected chi connectivity index (χ3v) is 4.57. The molecule has 0 saturated carbocycles. The molecule has 2 aromatic heterocycles. The van der Waals surface area contributed by atoms with Crippen LogP contribution in [0.4, 0.5) is 5.69 Å². The number of para-hydroxylation sites is 2. The Morgan fingerprint density at radius 2 is 1.68 bits per heavy atom. The number of hydrogen-bond donors (Lipinski definition) is 1. The quantitative estimate of drug-likeness (QED) is 0.407. The van der Waals surface area contributed by atoms with Crippen molar-refractivity contribution in [1.82, 2.24) is 9.78 Å². The summed E-state index contributed by atoms with van der Waals surface area (Å²) in [6, 6.07) is 24.1. The van der Waals surface area contributed by atoms with E-state index in [1.807, 2.05) is 83.8 Å². The highest BCUT2D eigenvalue weighted by Gasteiger charge is 2.11. The molecule has 25 heavy (non-hydrogen) atoms. The Labute approximate surface area is 150 Å². The molecule has 0 aliphatic heterocycles. The van der Waals surface area contributed by atoms with Crippen molar-refractivity contribution in [2.75, 3.05) is 5.43 Å². The van der Waals surface area contributed by atoms with Crippen LogP contribution < -0.4 is 5.43 Å². The monoisotopic (exact) mass is 344 g/mol. The second kappa shape index (κ2) is 7.15. The molecule has 4 aromatic rings. The second-order valence-electron chi connectivity index (χ2n) is 5.43. The lowest BCUT2D eigenvalue weighted by atomic mass is 10.2. The number of rotatable bonds is 5. The predicted octanol–water partition coefficient (Wildman–Crippen LogP) is 5.05. The van der Waals surface area contributed by atoms with Crippen molar-refractivity contribution >= 4 is 23.2 Å². The summed E-state index contributed by atoms with van der Waals surface area (Å²) in [5.74, 6) is 0. The van der Waals surface area contributed by atoms with Gasteiger partial charge in [0, 0.05) is 11.8 Å². The molecule has 0 bridgehead atoms. The summed E-state index contributed by atoms with van der Waals surface area (Å²) in [5.41, 5.74) is 6.92. The Morgan fingerprint density at radius 3 is 2.40 bits per heavy atom. The number of hydrazone groups is 1. The van der Waals surface area contributed by atoms with E-state index in [9.17, 15) is 0 Å². The van der Waals surface area contributed by atoms with Crippen LogP contribution in [0.2, 0.25) is 0 Å². The minimum atomic E-state index is 0.928. The van der Waals surface area contributed by atoms with E-state index >= 15 is 0 Å². The highest BCUT2D eigenvalue weighted by atomic mass is 32.1. The van der Waals surface area contributed by atoms with Gasteiger partial charge in [0.15, 0.2) is 0 Å². The van der Waals surface area contributed by atoms with E-state index in [1.165, 1.54) is 0 Å². The fourth-order valence-corrected chi connectivity index (χ4v) is 3.22. The van der Waals surface area contributed by atoms with E-state index in [0.29, 0.717) is 0 Å². The normalized spacial score (nSPS) is 11.0. The molecule has 2 heterocycles. The van der Waals surface area contributed by atoms with E-state index in [0.717, 1.165) is 27.5 Å². The molecule has 0 fully saturated rings. The first-order valence-corrected chi connectivity index (χ1v) is 8.81. The average Bonchev–Trinajstić information content (AvgIpc) is 3.33. The van der Waals surface area contributed by atoms with Gasteiger partial charge in [-0.1, -0.05) is 42.5 Å². The molecule has 4 rings (SSSR count). The van der Waals surface area contributed by atoms with Gasteiger partial charge in [0.25, 0.3) is 0 Å². The van der Waals surface area contributed by atoms with Crippen molar-refractivity contribution < 1.29 is 0 Å². The summed E-state index contributed by atoms with van der Waals surface area (Å²) in [5, 5.41) is 11.2. The molecule has 2 aromatic carbocycles. The van der Waals surface area contributed by atoms with Crippen LogP contribution in [0.1, 0.15) is 5.56 Å². The van der Waals surface area contributed by atoms with Gasteiger partial charge in [-0.25, -0.2) is 4.68 Å². The number of anilines is 1. The van der Waals surface area contributed by atoms with Crippen LogP contribution in [0, 0.1) is 0 Å². The molecule has 4 nitrogen and oxygen atoms in total. The highest BCUT2D eigenvalue weighted by Crippen LogP contribution is 2.26. The van der Waals surface area contributed by atoms with Gasteiger partial charge in [0.2, 0.25) is 0 Å². The van der Waals surface area contributed by atoms with E-state index in [-0.39, 0.29) is 0 Å². The van der Waals surface area contributed by atoms with Gasteiger partial charge in [0.1, 0.15) is 5.69 Å². The lowest BCUT2D eigenvalue weighted by Crippen LogP contribution is -1.93. The van der Waals surface area contributed by atoms with Gasteiger partial charge in [-0.3, -0.25) is 5.43 Å². The average molecular weight is 344 g/mol. The van der Waals surface area contributed by atoms with Crippen molar-refractivity contribution in [3.63, 3.8) is 0 Å². The third-order valence-electron chi connectivity index (χ3n) is 3.69. The largest absolute Gasteiger partial charge is 0.279 e. The fourth-order valence-electron chi connectivity index (χ4n) is 2.49. The number of aromatic nitrogens is 2. The first-order chi connectivity index (χ1) is 12.4. The maximum absolute atomic E-state index is 4.76. The number of thiophene rings is 1. The van der Waals surface area contributed by atoms with Crippen LogP contribution in [0.15, 0.2) is 89.5 Å². The lowest BCUT2D eigenvalue weighted by Gasteiger charge is -1.98. The van der Waals surface area contributed by atoms with Crippen LogP contribution in [0.3, 0.4) is 0 Å². The molecule has 0 amide bonds. The van der Waals surface area contributed by atoms with Gasteiger partial charge in [-0.05, 0) is 35.7 Å². The standard InChI is InChI=1S/C20H16N4S/c1-3-8-17(9-4-1)22-21-14-16-15-24(18-10-5-2-6-11-18)23-20(16)19-12-7-13-25-19/h1-15,22H/b21-14-. The zero-order chi connectivity index (χ0) is 16.9. The maximum Gasteiger partial charge on any atom is 0.112 e. The van der Waals surface area contributed by atoms with Crippen LogP contribution in [-0.4, -0.2) is 16.0 Å². The molecule has 5 heteroatoms. The minimum Gasteiger partial charge on any atom is -0.279 e. The van der Waals surface area contributed by atoms with Gasteiger partial charge in [0.05, 0.1) is 22.5 Å². The van der Waals surface area contributed by atoms with E-state index in [4.69, 9.17) is 5.10 Å². The molecule has 1 N–H and O–H groups in total. The Kier molecular flexibility index (Phi) is 4.39. The Hall–Kier alpha value is -3.18. The molecule has 0 spiro atoms. The van der Waals surface area contributed by atoms with Crippen LogP contribution >= 0.6 is 11.3 Å². The Balaban J connectivity index is 1.67. The SMILES string of the molecule is C(=N/Nc1ccccc1)/c1cn(-c2ccccc2)nc1-c1cccs1. The number of benzene rings is 2. The zero-order valence-corrected chi connectivity index (χ0v) is 14.2. The summed E-state index contributed by atoms with van der Waals surface area (Å²) in [6.45, 7) is 0. The van der Waals surface area contributed by atoms with Crippen molar-refractivity contribution in [3.8, 4) is 16.3 Å². The molecule has 0 aliphatic rings. The van der Waals surface area contributed by atoms with Gasteiger partial charge >= 0.3 is 0 Å². The summed E-state index contributed by atoms with van der Waals surface area (Å²) in [4.78, 5) is 1.12. The number of nitrogens with one attached hydrogen (secondary N) is 1. The van der Waals surface area contributed by atoms with Gasteiger partial charge < -0.3 is 0 Å². The first-order valence-electron chi connectivity index (χ1n) is 7.93. The summed E-state index contributed by atoms with van der Waals surface area (Å²) in [7, 11) is 0. The number of hydrogen-bond acceptors (Lipinski definition) is 4. The van der Waals surface area contributed by atoms with Crippen LogP contribution in [-0.2, 0) is 0 Å². The molecular formula is C20H16N4S. The van der Waals surface area contributed by atoms with Crippen molar-refractivity contribution in [3.05, 3.63) is 89.9 Å². The first kappa shape index (κ1) is 15.4. The topological polar surface area (TPSA) is 42.2 Å². The summed E-state index contributed by atoms with van der Waals surface area (Å²) >= 11 is 1.67. The lowest BCUT2D eigenvalue weighted by molar-refractivity contribution is 0.885. The van der Waals surface area contributed by atoms with Crippen LogP contribution in [0.25, 0.3) is 16.3 Å². The molecule has 0 saturated heterocycles. The van der Waals surface area contributed by atoms with Crippen molar-refractivity contribution in [2.24, 2.45) is 5.10 Å². The van der Waals surface area contributed by atoms with E-state index in [2.05, 4.69) is 22.0 Å². The van der Waals surface area contributed by atoms with E-state index < -0.39 is 0 Å². The van der Waals surface area contributed by atoms with Crippen molar-refractivity contribution in [2.45, 2.75) is 0 Å². The van der Waals surface area contributed by atoms with Crippen molar-refractivity contribution in [1.29, 1.82) is 0 Å². The molecule has 122 valence electrons. The summed E-state index contributed by atoms with van der Waals surface area (Å²) < 4.78 is 1.89. The maximum atomic E-state index is 4.76. The van der Waals surface area contributed by atoms with Gasteiger partial charge in [-0.2, -0.15) is 10.2 Å². The Bertz CT molecular complexity index is 958. The molecule has 0 aliphatic carbocycles. The minimum absolute atomic E-state index is 0.928. The second-order valence-corrected chi connectivity index (χ2v) is 6.37. The molecule has 0 atom stereocenters. The highest BCUT2D eigenvalue weighted by molar-refractivity contribution is 7.13. The van der Waals surface area contributed by atoms with Crippen LogP contribution in [0.5, 0.6) is 0 Å². The fraction of sp³-hybridized carbons (Fsp3) is 0. The summed E-state index contributed by atoms with van der Waals surface area (Å²) in [6.07, 6.45) is 3.81. The third kappa shape index (κ3) is 3.51. The molecule has 0 unspecified atom stereocenters. The Morgan fingerprint density at radius 1 is 0.920 bits per heavy atom. The zero-order valence-electron chi connectivity index (χ0n) is 13.4. The predicted molar refractivity (Wildman–Crippen MR) is 105 cm³/mol. The van der Waals surface area contributed by atoms with E-state index in [1.54, 1.807) is 11.3 Å². The van der Waals surface area contributed by atoms with Gasteiger partial charge in [-0.15, -0.1) is 11.3 Å². The number of nitrogens with zero attached hydrogens (tertiary/aromatic N) is 3. The molecule has 0 radical (unpaired) electrons. The smallest absolute Gasteiger partial charge is 0.112 e. The molecular weight excluding hydrogens is 328 g/mol.